The van der Waals surface area contributed by atoms with Gasteiger partial charge in [0.15, 0.2) is 0 Å². The van der Waals surface area contributed by atoms with Crippen LogP contribution in [-0.2, 0) is 0 Å². The molecule has 0 unspecified atom stereocenters. The van der Waals surface area contributed by atoms with Crippen molar-refractivity contribution in [2.24, 2.45) is 0 Å². The number of nitrogens with zero attached hydrogens (tertiary/aromatic N) is 2. The zero-order valence-corrected chi connectivity index (χ0v) is 10.1. The molecule has 1 rings (SSSR count). The van der Waals surface area contributed by atoms with E-state index in [1.807, 2.05) is 56.3 Å². The largest absolute Gasteiger partial charge is 0.192 e. The number of nitriles is 2. The Hall–Kier alpha value is -1.71. The maximum absolute atomic E-state index is 8.71. The van der Waals surface area contributed by atoms with Gasteiger partial charge in [0.05, 0.1) is 0 Å². The summed E-state index contributed by atoms with van der Waals surface area (Å²) in [7, 11) is 0. The van der Waals surface area contributed by atoms with Gasteiger partial charge in [-0.05, 0) is 32.1 Å². The molecule has 0 aliphatic heterocycles. The van der Waals surface area contributed by atoms with E-state index in [2.05, 4.69) is 0 Å². The molecule has 0 heterocycles. The maximum atomic E-state index is 8.71. The van der Waals surface area contributed by atoms with E-state index in [1.54, 1.807) is 17.8 Å². The summed E-state index contributed by atoms with van der Waals surface area (Å²) in [6.07, 6.45) is 1.70. The highest BCUT2D eigenvalue weighted by molar-refractivity contribution is 8.00. The molecule has 3 heteroatoms. The second-order valence-electron chi connectivity index (χ2n) is 3.80. The molecule has 0 bridgehead atoms. The quantitative estimate of drug-likeness (QED) is 0.587. The van der Waals surface area contributed by atoms with Crippen molar-refractivity contribution in [1.29, 1.82) is 10.5 Å². The lowest BCUT2D eigenvalue weighted by atomic mass is 10.1. The molecule has 0 aliphatic carbocycles. The minimum Gasteiger partial charge on any atom is -0.192 e. The van der Waals surface area contributed by atoms with Gasteiger partial charge in [-0.1, -0.05) is 18.2 Å². The molecule has 0 aromatic heterocycles. The molecule has 0 saturated heterocycles. The number of benzene rings is 1. The Morgan fingerprint density at radius 1 is 1.19 bits per heavy atom. The molecule has 1 aromatic carbocycles. The highest BCUT2D eigenvalue weighted by Crippen LogP contribution is 2.33. The SMILES string of the molecule is CC(C)(C=C(C#N)C#N)Sc1ccccc1. The monoisotopic (exact) mass is 228 g/mol. The Morgan fingerprint density at radius 2 is 1.75 bits per heavy atom. The third kappa shape index (κ3) is 3.81. The van der Waals surface area contributed by atoms with Crippen molar-refractivity contribution < 1.29 is 0 Å². The number of hydrogen-bond acceptors (Lipinski definition) is 3. The smallest absolute Gasteiger partial charge is 0.127 e. The van der Waals surface area contributed by atoms with E-state index in [9.17, 15) is 0 Å². The predicted octanol–water partition coefficient (Wildman–Crippen LogP) is 3.53. The topological polar surface area (TPSA) is 47.6 Å². The van der Waals surface area contributed by atoms with Crippen LogP contribution in [-0.4, -0.2) is 4.75 Å². The van der Waals surface area contributed by atoms with Crippen LogP contribution in [0.1, 0.15) is 13.8 Å². The van der Waals surface area contributed by atoms with Gasteiger partial charge in [0.1, 0.15) is 17.7 Å². The van der Waals surface area contributed by atoms with Gasteiger partial charge in [0.2, 0.25) is 0 Å². The van der Waals surface area contributed by atoms with Crippen LogP contribution in [0.3, 0.4) is 0 Å². The van der Waals surface area contributed by atoms with Crippen LogP contribution < -0.4 is 0 Å². The summed E-state index contributed by atoms with van der Waals surface area (Å²) in [5, 5.41) is 17.4. The minimum absolute atomic E-state index is 0.161. The molecular formula is C13H12N2S. The van der Waals surface area contributed by atoms with E-state index in [1.165, 1.54) is 0 Å². The highest BCUT2D eigenvalue weighted by Gasteiger charge is 2.17. The molecule has 2 nitrogen and oxygen atoms in total. The number of allylic oxidation sites excluding steroid dienone is 1. The molecule has 0 aliphatic rings. The van der Waals surface area contributed by atoms with Crippen molar-refractivity contribution in [3.8, 4) is 12.1 Å². The van der Waals surface area contributed by atoms with Gasteiger partial charge in [-0.3, -0.25) is 0 Å². The van der Waals surface area contributed by atoms with Gasteiger partial charge in [-0.15, -0.1) is 11.8 Å². The molecule has 0 amide bonds. The lowest BCUT2D eigenvalue weighted by Gasteiger charge is -2.19. The second-order valence-corrected chi connectivity index (χ2v) is 5.53. The summed E-state index contributed by atoms with van der Waals surface area (Å²) in [6.45, 7) is 3.97. The van der Waals surface area contributed by atoms with Crippen LogP contribution in [0.5, 0.6) is 0 Å². The summed E-state index contributed by atoms with van der Waals surface area (Å²) < 4.78 is -0.262. The normalized spacial score (nSPS) is 10.0. The fraction of sp³-hybridized carbons (Fsp3) is 0.231. The molecule has 0 saturated carbocycles. The van der Waals surface area contributed by atoms with Crippen LogP contribution in [0, 0.1) is 22.7 Å². The van der Waals surface area contributed by atoms with Gasteiger partial charge in [-0.2, -0.15) is 10.5 Å². The number of hydrogen-bond donors (Lipinski definition) is 0. The van der Waals surface area contributed by atoms with E-state index in [-0.39, 0.29) is 10.3 Å². The van der Waals surface area contributed by atoms with Crippen molar-refractivity contribution in [2.45, 2.75) is 23.5 Å². The Bertz CT molecular complexity index is 445. The summed E-state index contributed by atoms with van der Waals surface area (Å²) in [4.78, 5) is 1.12. The summed E-state index contributed by atoms with van der Waals surface area (Å²) in [5.74, 6) is 0. The van der Waals surface area contributed by atoms with E-state index >= 15 is 0 Å². The molecule has 16 heavy (non-hydrogen) atoms. The average Bonchev–Trinajstić information content (AvgIpc) is 2.26. The van der Waals surface area contributed by atoms with E-state index in [0.717, 1.165) is 4.90 Å². The van der Waals surface area contributed by atoms with E-state index in [0.29, 0.717) is 0 Å². The van der Waals surface area contributed by atoms with E-state index < -0.39 is 0 Å². The summed E-state index contributed by atoms with van der Waals surface area (Å²) in [6, 6.07) is 13.7. The zero-order valence-electron chi connectivity index (χ0n) is 9.27. The number of rotatable bonds is 3. The van der Waals surface area contributed by atoms with Crippen molar-refractivity contribution in [1.82, 2.24) is 0 Å². The van der Waals surface area contributed by atoms with Crippen LogP contribution in [0.15, 0.2) is 46.9 Å². The van der Waals surface area contributed by atoms with Crippen molar-refractivity contribution >= 4 is 11.8 Å². The van der Waals surface area contributed by atoms with Crippen LogP contribution in [0.25, 0.3) is 0 Å². The molecular weight excluding hydrogens is 216 g/mol. The van der Waals surface area contributed by atoms with Crippen molar-refractivity contribution in [3.63, 3.8) is 0 Å². The first kappa shape index (κ1) is 12.4. The fourth-order valence-corrected chi connectivity index (χ4v) is 2.34. The first-order chi connectivity index (χ1) is 7.57. The fourth-order valence-electron chi connectivity index (χ4n) is 1.26. The van der Waals surface area contributed by atoms with Crippen LogP contribution in [0.2, 0.25) is 0 Å². The molecule has 0 fully saturated rings. The molecule has 0 atom stereocenters. The first-order valence-electron chi connectivity index (χ1n) is 4.84. The first-order valence-corrected chi connectivity index (χ1v) is 5.66. The van der Waals surface area contributed by atoms with Gasteiger partial charge in [-0.25, -0.2) is 0 Å². The van der Waals surface area contributed by atoms with E-state index in [4.69, 9.17) is 10.5 Å². The maximum Gasteiger partial charge on any atom is 0.127 e. The van der Waals surface area contributed by atoms with Gasteiger partial charge >= 0.3 is 0 Å². The lowest BCUT2D eigenvalue weighted by Crippen LogP contribution is -2.10. The predicted molar refractivity (Wildman–Crippen MR) is 65.7 cm³/mol. The van der Waals surface area contributed by atoms with Crippen LogP contribution in [0.4, 0.5) is 0 Å². The van der Waals surface area contributed by atoms with Gasteiger partial charge in [0.25, 0.3) is 0 Å². The zero-order chi connectivity index (χ0) is 12.0. The molecule has 0 N–H and O–H groups in total. The van der Waals surface area contributed by atoms with Crippen molar-refractivity contribution in [2.75, 3.05) is 0 Å². The molecule has 0 radical (unpaired) electrons. The molecule has 1 aromatic rings. The number of thioether (sulfide) groups is 1. The standard InChI is InChI=1S/C13H12N2S/c1-13(2,8-11(9-14)10-15)16-12-6-4-3-5-7-12/h3-8H,1-2H3. The molecule has 80 valence electrons. The Labute approximate surface area is 100 Å². The third-order valence-corrected chi connectivity index (χ3v) is 3.01. The van der Waals surface area contributed by atoms with Gasteiger partial charge in [0, 0.05) is 9.64 Å². The lowest BCUT2D eigenvalue weighted by molar-refractivity contribution is 0.893. The Morgan fingerprint density at radius 3 is 2.25 bits per heavy atom. The third-order valence-electron chi connectivity index (χ3n) is 1.86. The summed E-state index contributed by atoms with van der Waals surface area (Å²) >= 11 is 1.63. The Balaban J connectivity index is 2.86. The van der Waals surface area contributed by atoms with Crippen LogP contribution >= 0.6 is 11.8 Å². The van der Waals surface area contributed by atoms with Crippen molar-refractivity contribution in [3.05, 3.63) is 42.0 Å². The molecule has 0 spiro atoms. The summed E-state index contributed by atoms with van der Waals surface area (Å²) in [5.41, 5.74) is 0.161. The Kier molecular flexibility index (Phi) is 4.17. The highest BCUT2D eigenvalue weighted by atomic mass is 32.2. The van der Waals surface area contributed by atoms with Gasteiger partial charge < -0.3 is 0 Å². The average molecular weight is 228 g/mol. The second kappa shape index (κ2) is 5.39. The minimum atomic E-state index is -0.262.